The molecule has 0 saturated carbocycles. The van der Waals surface area contributed by atoms with Gasteiger partial charge in [0.05, 0.1) is 25.2 Å². The molecule has 0 amide bonds. The minimum Gasteiger partial charge on any atom is -0.460 e. The van der Waals surface area contributed by atoms with Gasteiger partial charge in [0, 0.05) is 6.42 Å². The van der Waals surface area contributed by atoms with E-state index < -0.39 is 5.60 Å². The topological polar surface area (TPSA) is 65.0 Å². The quantitative estimate of drug-likeness (QED) is 0.730. The second-order valence-electron chi connectivity index (χ2n) is 4.90. The normalized spacial score (nSPS) is 26.5. The Bertz CT molecular complexity index is 233. The Hall–Kier alpha value is -0.650. The molecule has 94 valence electrons. The van der Waals surface area contributed by atoms with Crippen LogP contribution >= 0.6 is 0 Å². The third kappa shape index (κ3) is 4.92. The van der Waals surface area contributed by atoms with Gasteiger partial charge in [-0.15, -0.1) is 0 Å². The van der Waals surface area contributed by atoms with Crippen LogP contribution in [-0.2, 0) is 19.0 Å². The van der Waals surface area contributed by atoms with E-state index in [1.54, 1.807) is 0 Å². The largest absolute Gasteiger partial charge is 0.460 e. The van der Waals surface area contributed by atoms with Gasteiger partial charge in [0.1, 0.15) is 12.4 Å². The van der Waals surface area contributed by atoms with E-state index in [1.807, 2.05) is 20.8 Å². The molecule has 0 unspecified atom stereocenters. The monoisotopic (exact) mass is 232 g/mol. The molecule has 1 fully saturated rings. The van der Waals surface area contributed by atoms with Gasteiger partial charge in [0.2, 0.25) is 0 Å². The molecule has 0 aliphatic carbocycles. The molecule has 1 aliphatic heterocycles. The van der Waals surface area contributed by atoms with Crippen LogP contribution in [-0.4, -0.2) is 42.3 Å². The zero-order valence-electron chi connectivity index (χ0n) is 10.1. The highest BCUT2D eigenvalue weighted by atomic mass is 16.7. The van der Waals surface area contributed by atoms with Crippen molar-refractivity contribution in [2.45, 2.75) is 51.4 Å². The van der Waals surface area contributed by atoms with Crippen LogP contribution in [0.1, 0.15) is 33.6 Å². The Labute approximate surface area is 95.7 Å². The molecule has 1 heterocycles. The molecule has 5 nitrogen and oxygen atoms in total. The molecule has 0 radical (unpaired) electrons. The van der Waals surface area contributed by atoms with Gasteiger partial charge in [0.15, 0.2) is 0 Å². The third-order valence-corrected chi connectivity index (χ3v) is 2.15. The third-order valence-electron chi connectivity index (χ3n) is 2.15. The first-order valence-electron chi connectivity index (χ1n) is 5.46. The minimum absolute atomic E-state index is 0.0474. The summed E-state index contributed by atoms with van der Waals surface area (Å²) in [4.78, 5) is 11.5. The fourth-order valence-corrected chi connectivity index (χ4v) is 1.50. The van der Waals surface area contributed by atoms with Crippen molar-refractivity contribution in [2.24, 2.45) is 0 Å². The number of carbonyl (C=O) groups is 1. The van der Waals surface area contributed by atoms with Crippen molar-refractivity contribution in [1.29, 1.82) is 0 Å². The van der Waals surface area contributed by atoms with Crippen molar-refractivity contribution in [2.75, 3.05) is 13.4 Å². The van der Waals surface area contributed by atoms with Gasteiger partial charge in [-0.25, -0.2) is 0 Å². The van der Waals surface area contributed by atoms with Gasteiger partial charge in [-0.1, -0.05) is 0 Å². The van der Waals surface area contributed by atoms with Gasteiger partial charge in [-0.05, 0) is 20.8 Å². The van der Waals surface area contributed by atoms with Crippen LogP contribution in [0.25, 0.3) is 0 Å². The van der Waals surface area contributed by atoms with E-state index in [4.69, 9.17) is 19.3 Å². The lowest BCUT2D eigenvalue weighted by Crippen LogP contribution is -2.36. The smallest absolute Gasteiger partial charge is 0.308 e. The Balaban J connectivity index is 2.33. The molecule has 0 bridgehead atoms. The molecular formula is C11H20O5. The highest BCUT2D eigenvalue weighted by Gasteiger charge is 2.26. The molecule has 1 saturated heterocycles. The maximum absolute atomic E-state index is 11.5. The number of ether oxygens (including phenoxy) is 3. The molecule has 0 spiro atoms. The van der Waals surface area contributed by atoms with Crippen LogP contribution in [0.4, 0.5) is 0 Å². The first-order chi connectivity index (χ1) is 7.40. The van der Waals surface area contributed by atoms with Crippen molar-refractivity contribution in [3.63, 3.8) is 0 Å². The molecule has 0 aromatic heterocycles. The number of hydrogen-bond acceptors (Lipinski definition) is 5. The summed E-state index contributed by atoms with van der Waals surface area (Å²) < 4.78 is 15.6. The van der Waals surface area contributed by atoms with Crippen LogP contribution < -0.4 is 0 Å². The molecule has 5 heteroatoms. The van der Waals surface area contributed by atoms with Crippen LogP contribution in [0, 0.1) is 0 Å². The standard InChI is InChI=1S/C11H20O5/c1-11(2,3)16-10(13)5-8-4-9(6-12)15-7-14-8/h8-9,12H,4-7H2,1-3H3/t8-,9-/m1/s1. The zero-order chi connectivity index (χ0) is 12.2. The van der Waals surface area contributed by atoms with E-state index in [0.29, 0.717) is 6.42 Å². The first kappa shape index (κ1) is 13.4. The number of hydrogen-bond donors (Lipinski definition) is 1. The lowest BCUT2D eigenvalue weighted by Gasteiger charge is -2.29. The molecule has 16 heavy (non-hydrogen) atoms. The fourth-order valence-electron chi connectivity index (χ4n) is 1.50. The Kier molecular flexibility index (Phi) is 4.70. The molecule has 1 N–H and O–H groups in total. The average Bonchev–Trinajstić information content (AvgIpc) is 2.15. The summed E-state index contributed by atoms with van der Waals surface area (Å²) in [7, 11) is 0. The van der Waals surface area contributed by atoms with E-state index in [0.717, 1.165) is 0 Å². The summed E-state index contributed by atoms with van der Waals surface area (Å²) in [5, 5.41) is 8.93. The van der Waals surface area contributed by atoms with E-state index in [-0.39, 0.29) is 38.0 Å². The second kappa shape index (κ2) is 5.61. The number of aliphatic hydroxyl groups is 1. The van der Waals surface area contributed by atoms with E-state index >= 15 is 0 Å². The van der Waals surface area contributed by atoms with Crippen LogP contribution in [0.15, 0.2) is 0 Å². The summed E-state index contributed by atoms with van der Waals surface area (Å²) in [6.45, 7) is 5.55. The number of esters is 1. The van der Waals surface area contributed by atoms with Crippen LogP contribution in [0.3, 0.4) is 0 Å². The highest BCUT2D eigenvalue weighted by Crippen LogP contribution is 2.18. The summed E-state index contributed by atoms with van der Waals surface area (Å²) in [5.74, 6) is -0.281. The predicted octanol–water partition coefficient (Wildman–Crippen LogP) is 0.842. The summed E-state index contributed by atoms with van der Waals surface area (Å²) in [5.41, 5.74) is -0.474. The van der Waals surface area contributed by atoms with Crippen molar-refractivity contribution in [3.8, 4) is 0 Å². The lowest BCUT2D eigenvalue weighted by atomic mass is 10.1. The van der Waals surface area contributed by atoms with Gasteiger partial charge in [-0.3, -0.25) is 4.79 Å². The maximum Gasteiger partial charge on any atom is 0.308 e. The van der Waals surface area contributed by atoms with Gasteiger partial charge < -0.3 is 19.3 Å². The first-order valence-corrected chi connectivity index (χ1v) is 5.46. The van der Waals surface area contributed by atoms with Gasteiger partial charge in [0.25, 0.3) is 0 Å². The molecule has 0 aromatic carbocycles. The number of carbonyl (C=O) groups excluding carboxylic acids is 1. The summed E-state index contributed by atoms with van der Waals surface area (Å²) in [6, 6.07) is 0. The minimum atomic E-state index is -0.474. The van der Waals surface area contributed by atoms with Crippen molar-refractivity contribution < 1.29 is 24.1 Å². The molecule has 1 aliphatic rings. The average molecular weight is 232 g/mol. The molecular weight excluding hydrogens is 212 g/mol. The molecule has 2 atom stereocenters. The lowest BCUT2D eigenvalue weighted by molar-refractivity contribution is -0.193. The highest BCUT2D eigenvalue weighted by molar-refractivity contribution is 5.70. The Morgan fingerprint density at radius 2 is 2.00 bits per heavy atom. The Morgan fingerprint density at radius 1 is 1.38 bits per heavy atom. The van der Waals surface area contributed by atoms with E-state index in [1.165, 1.54) is 0 Å². The number of rotatable bonds is 3. The van der Waals surface area contributed by atoms with Crippen molar-refractivity contribution >= 4 is 5.97 Å². The van der Waals surface area contributed by atoms with Gasteiger partial charge in [-0.2, -0.15) is 0 Å². The number of aliphatic hydroxyl groups excluding tert-OH is 1. The van der Waals surface area contributed by atoms with Crippen molar-refractivity contribution in [3.05, 3.63) is 0 Å². The van der Waals surface area contributed by atoms with E-state index in [9.17, 15) is 4.79 Å². The maximum atomic E-state index is 11.5. The zero-order valence-corrected chi connectivity index (χ0v) is 10.1. The molecule has 0 aromatic rings. The summed E-state index contributed by atoms with van der Waals surface area (Å²) in [6.07, 6.45) is 0.273. The Morgan fingerprint density at radius 3 is 2.56 bits per heavy atom. The fraction of sp³-hybridized carbons (Fsp3) is 0.909. The van der Waals surface area contributed by atoms with E-state index in [2.05, 4.69) is 0 Å². The SMILES string of the molecule is CC(C)(C)OC(=O)C[C@H]1C[C@H](CO)OCO1. The second-order valence-corrected chi connectivity index (χ2v) is 4.90. The van der Waals surface area contributed by atoms with Crippen LogP contribution in [0.5, 0.6) is 0 Å². The predicted molar refractivity (Wildman–Crippen MR) is 56.8 cm³/mol. The van der Waals surface area contributed by atoms with Gasteiger partial charge >= 0.3 is 5.97 Å². The van der Waals surface area contributed by atoms with Crippen molar-refractivity contribution in [1.82, 2.24) is 0 Å². The summed E-state index contributed by atoms with van der Waals surface area (Å²) >= 11 is 0. The molecule has 1 rings (SSSR count). The van der Waals surface area contributed by atoms with Crippen LogP contribution in [0.2, 0.25) is 0 Å².